The summed E-state index contributed by atoms with van der Waals surface area (Å²) in [4.78, 5) is 4.71. The second-order valence-electron chi connectivity index (χ2n) is 4.83. The zero-order chi connectivity index (χ0) is 14.9. The van der Waals surface area contributed by atoms with Gasteiger partial charge in [0.05, 0.1) is 12.8 Å². The van der Waals surface area contributed by atoms with E-state index in [0.29, 0.717) is 0 Å². The van der Waals surface area contributed by atoms with Gasteiger partial charge in [0, 0.05) is 16.5 Å². The number of hydrogen-bond acceptors (Lipinski definition) is 5. The first-order valence-electron chi connectivity index (χ1n) is 6.83. The molecule has 0 amide bonds. The lowest BCUT2D eigenvalue weighted by atomic mass is 10.1. The zero-order valence-corrected chi connectivity index (χ0v) is 12.7. The topological polar surface area (TPSA) is 40.6 Å². The van der Waals surface area contributed by atoms with E-state index in [1.54, 1.807) is 18.4 Å². The zero-order valence-electron chi connectivity index (χ0n) is 11.9. The van der Waals surface area contributed by atoms with E-state index in [0.717, 1.165) is 39.1 Å². The number of nitrogens with zero attached hydrogens (tertiary/aromatic N) is 1. The number of methoxy groups -OCH3 is 1. The summed E-state index contributed by atoms with van der Waals surface area (Å²) in [5, 5.41) is 3.03. The Kier molecular flexibility index (Phi) is 3.20. The minimum absolute atomic E-state index is 0.285. The van der Waals surface area contributed by atoms with Crippen LogP contribution in [-0.2, 0) is 0 Å². The third-order valence-corrected chi connectivity index (χ3v) is 4.40. The van der Waals surface area contributed by atoms with Gasteiger partial charge in [0.1, 0.15) is 10.8 Å². The Morgan fingerprint density at radius 1 is 1.00 bits per heavy atom. The maximum Gasteiger partial charge on any atom is 0.231 e. The van der Waals surface area contributed by atoms with Gasteiger partial charge in [0.25, 0.3) is 0 Å². The standard InChI is InChI=1S/C17H13NO3S/c1-19-13-5-2-11(3-6-13)17-18-14(9-22-17)12-4-7-15-16(8-12)21-10-20-15/h2-9H,10H2,1H3. The van der Waals surface area contributed by atoms with Gasteiger partial charge in [0.2, 0.25) is 6.79 Å². The smallest absolute Gasteiger partial charge is 0.231 e. The Morgan fingerprint density at radius 2 is 1.77 bits per heavy atom. The van der Waals surface area contributed by atoms with Gasteiger partial charge >= 0.3 is 0 Å². The van der Waals surface area contributed by atoms with Crippen LogP contribution in [0.5, 0.6) is 17.2 Å². The molecule has 4 rings (SSSR count). The molecule has 0 aliphatic carbocycles. The molecule has 0 bridgehead atoms. The van der Waals surface area contributed by atoms with E-state index in [1.165, 1.54) is 0 Å². The summed E-state index contributed by atoms with van der Waals surface area (Å²) in [7, 11) is 1.66. The number of rotatable bonds is 3. The summed E-state index contributed by atoms with van der Waals surface area (Å²) in [6.07, 6.45) is 0. The predicted octanol–water partition coefficient (Wildman–Crippen LogP) is 4.21. The molecule has 0 saturated heterocycles. The lowest BCUT2D eigenvalue weighted by Gasteiger charge is -2.01. The van der Waals surface area contributed by atoms with Crippen LogP contribution in [0, 0.1) is 0 Å². The van der Waals surface area contributed by atoms with Gasteiger partial charge in [-0.15, -0.1) is 11.3 Å². The van der Waals surface area contributed by atoms with Crippen LogP contribution < -0.4 is 14.2 Å². The first kappa shape index (κ1) is 13.2. The van der Waals surface area contributed by atoms with Crippen molar-refractivity contribution in [3.05, 3.63) is 47.8 Å². The van der Waals surface area contributed by atoms with Gasteiger partial charge < -0.3 is 14.2 Å². The average molecular weight is 311 g/mol. The van der Waals surface area contributed by atoms with Crippen molar-refractivity contribution in [2.24, 2.45) is 0 Å². The normalized spacial score (nSPS) is 12.4. The van der Waals surface area contributed by atoms with Crippen molar-refractivity contribution in [1.82, 2.24) is 4.98 Å². The van der Waals surface area contributed by atoms with Gasteiger partial charge in [-0.05, 0) is 42.5 Å². The molecule has 2 aromatic carbocycles. The lowest BCUT2D eigenvalue weighted by Crippen LogP contribution is -1.92. The van der Waals surface area contributed by atoms with Crippen LogP contribution in [0.4, 0.5) is 0 Å². The third-order valence-electron chi connectivity index (χ3n) is 3.51. The van der Waals surface area contributed by atoms with Crippen molar-refractivity contribution in [2.75, 3.05) is 13.9 Å². The fourth-order valence-corrected chi connectivity index (χ4v) is 3.16. The highest BCUT2D eigenvalue weighted by Crippen LogP contribution is 2.37. The summed E-state index contributed by atoms with van der Waals surface area (Å²) >= 11 is 1.62. The van der Waals surface area contributed by atoms with Crippen LogP contribution in [0.15, 0.2) is 47.8 Å². The molecule has 110 valence electrons. The predicted molar refractivity (Wildman–Crippen MR) is 85.7 cm³/mol. The maximum absolute atomic E-state index is 5.42. The van der Waals surface area contributed by atoms with Crippen LogP contribution in [0.1, 0.15) is 0 Å². The highest BCUT2D eigenvalue weighted by atomic mass is 32.1. The van der Waals surface area contributed by atoms with Gasteiger partial charge in [0.15, 0.2) is 11.5 Å². The monoisotopic (exact) mass is 311 g/mol. The Hall–Kier alpha value is -2.53. The highest BCUT2D eigenvalue weighted by molar-refractivity contribution is 7.13. The molecule has 0 fully saturated rings. The summed E-state index contributed by atoms with van der Waals surface area (Å²) in [5.41, 5.74) is 3.05. The Bertz CT molecular complexity index is 811. The van der Waals surface area contributed by atoms with Crippen LogP contribution >= 0.6 is 11.3 Å². The number of fused-ring (bicyclic) bond motifs is 1. The van der Waals surface area contributed by atoms with Gasteiger partial charge in [-0.2, -0.15) is 0 Å². The van der Waals surface area contributed by atoms with E-state index in [4.69, 9.17) is 19.2 Å². The summed E-state index contributed by atoms with van der Waals surface area (Å²) in [5.74, 6) is 2.40. The number of thiazole rings is 1. The Balaban J connectivity index is 1.65. The number of benzene rings is 2. The van der Waals surface area contributed by atoms with Crippen molar-refractivity contribution < 1.29 is 14.2 Å². The highest BCUT2D eigenvalue weighted by Gasteiger charge is 2.15. The maximum atomic E-state index is 5.42. The third kappa shape index (κ3) is 2.29. The summed E-state index contributed by atoms with van der Waals surface area (Å²) in [6, 6.07) is 13.8. The molecule has 0 saturated carbocycles. The molecule has 0 spiro atoms. The first-order chi connectivity index (χ1) is 10.8. The molecule has 3 aromatic rings. The van der Waals surface area contributed by atoms with Gasteiger partial charge in [-0.1, -0.05) is 0 Å². The van der Waals surface area contributed by atoms with Crippen molar-refractivity contribution in [3.63, 3.8) is 0 Å². The molecule has 5 heteroatoms. The molecular formula is C17H13NO3S. The molecule has 0 radical (unpaired) electrons. The van der Waals surface area contributed by atoms with E-state index in [9.17, 15) is 0 Å². The van der Waals surface area contributed by atoms with Crippen LogP contribution in [0.2, 0.25) is 0 Å². The molecule has 0 atom stereocenters. The van der Waals surface area contributed by atoms with E-state index in [2.05, 4.69) is 5.38 Å². The van der Waals surface area contributed by atoms with Gasteiger partial charge in [-0.3, -0.25) is 0 Å². The molecule has 1 aromatic heterocycles. The number of aromatic nitrogens is 1. The summed E-state index contributed by atoms with van der Waals surface area (Å²) < 4.78 is 15.9. The minimum Gasteiger partial charge on any atom is -0.497 e. The Labute approximate surface area is 131 Å². The fourth-order valence-electron chi connectivity index (χ4n) is 2.33. The van der Waals surface area contributed by atoms with Crippen molar-refractivity contribution in [3.8, 4) is 39.1 Å². The number of ether oxygens (including phenoxy) is 3. The number of hydrogen-bond donors (Lipinski definition) is 0. The average Bonchev–Trinajstić information content (AvgIpc) is 3.23. The van der Waals surface area contributed by atoms with E-state index < -0.39 is 0 Å². The quantitative estimate of drug-likeness (QED) is 0.726. The molecule has 4 nitrogen and oxygen atoms in total. The van der Waals surface area contributed by atoms with Crippen LogP contribution in [0.25, 0.3) is 21.8 Å². The second-order valence-corrected chi connectivity index (χ2v) is 5.69. The van der Waals surface area contributed by atoms with Crippen molar-refractivity contribution in [1.29, 1.82) is 0 Å². The van der Waals surface area contributed by atoms with E-state index >= 15 is 0 Å². The molecule has 1 aliphatic heterocycles. The van der Waals surface area contributed by atoms with E-state index in [1.807, 2.05) is 42.5 Å². The molecule has 22 heavy (non-hydrogen) atoms. The molecule has 0 unspecified atom stereocenters. The molecule has 0 N–H and O–H groups in total. The van der Waals surface area contributed by atoms with E-state index in [-0.39, 0.29) is 6.79 Å². The molecule has 1 aliphatic rings. The first-order valence-corrected chi connectivity index (χ1v) is 7.71. The molecular weight excluding hydrogens is 298 g/mol. The van der Waals surface area contributed by atoms with Crippen molar-refractivity contribution >= 4 is 11.3 Å². The fraction of sp³-hybridized carbons (Fsp3) is 0.118. The summed E-state index contributed by atoms with van der Waals surface area (Å²) in [6.45, 7) is 0.285. The van der Waals surface area contributed by atoms with Crippen LogP contribution in [0.3, 0.4) is 0 Å². The lowest BCUT2D eigenvalue weighted by molar-refractivity contribution is 0.174. The van der Waals surface area contributed by atoms with Crippen LogP contribution in [-0.4, -0.2) is 18.9 Å². The van der Waals surface area contributed by atoms with Gasteiger partial charge in [-0.25, -0.2) is 4.98 Å². The largest absolute Gasteiger partial charge is 0.497 e. The second kappa shape index (κ2) is 5.35. The Morgan fingerprint density at radius 3 is 2.59 bits per heavy atom. The SMILES string of the molecule is COc1ccc(-c2nc(-c3ccc4c(c3)OCO4)cs2)cc1. The molecule has 2 heterocycles. The van der Waals surface area contributed by atoms with Crippen molar-refractivity contribution in [2.45, 2.75) is 0 Å². The minimum atomic E-state index is 0.285.